The van der Waals surface area contributed by atoms with Crippen molar-refractivity contribution in [3.63, 3.8) is 0 Å². The number of carbonyl (C=O) groups is 1. The third-order valence-corrected chi connectivity index (χ3v) is 4.09. The number of hydrogen-bond donors (Lipinski definition) is 2. The summed E-state index contributed by atoms with van der Waals surface area (Å²) >= 11 is 0. The number of H-pyrrole nitrogens is 1. The molecule has 1 amide bonds. The number of aromatic amines is 1. The zero-order chi connectivity index (χ0) is 17.6. The van der Waals surface area contributed by atoms with Crippen LogP contribution in [0.2, 0.25) is 0 Å². The van der Waals surface area contributed by atoms with E-state index in [-0.39, 0.29) is 12.0 Å². The molecule has 1 heterocycles. The van der Waals surface area contributed by atoms with E-state index in [2.05, 4.69) is 22.4 Å². The van der Waals surface area contributed by atoms with Crippen LogP contribution >= 0.6 is 0 Å². The van der Waals surface area contributed by atoms with Crippen molar-refractivity contribution < 1.29 is 9.53 Å². The highest BCUT2D eigenvalue weighted by Gasteiger charge is 2.06. The first kappa shape index (κ1) is 17.1. The molecule has 0 aliphatic heterocycles. The van der Waals surface area contributed by atoms with Crippen molar-refractivity contribution in [2.45, 2.75) is 39.3 Å². The third-order valence-electron chi connectivity index (χ3n) is 4.09. The van der Waals surface area contributed by atoms with E-state index < -0.39 is 0 Å². The smallest absolute Gasteiger partial charge is 0.220 e. The summed E-state index contributed by atoms with van der Waals surface area (Å²) in [7, 11) is 0. The fourth-order valence-electron chi connectivity index (χ4n) is 2.86. The number of nitrogens with one attached hydrogen (secondary N) is 2. The van der Waals surface area contributed by atoms with Gasteiger partial charge in [-0.15, -0.1) is 0 Å². The minimum absolute atomic E-state index is 0.0649. The molecular formula is C21H24N2O2. The van der Waals surface area contributed by atoms with E-state index in [1.807, 2.05) is 56.4 Å². The molecule has 0 fully saturated rings. The van der Waals surface area contributed by atoms with Gasteiger partial charge in [0.15, 0.2) is 0 Å². The molecule has 25 heavy (non-hydrogen) atoms. The highest BCUT2D eigenvalue weighted by molar-refractivity contribution is 5.84. The molecule has 3 aromatic rings. The number of fused-ring (bicyclic) bond motifs is 1. The number of rotatable bonds is 7. The summed E-state index contributed by atoms with van der Waals surface area (Å²) in [5.41, 5.74) is 3.38. The van der Waals surface area contributed by atoms with E-state index in [0.29, 0.717) is 13.0 Å². The zero-order valence-corrected chi connectivity index (χ0v) is 14.7. The lowest BCUT2D eigenvalue weighted by atomic mass is 10.1. The van der Waals surface area contributed by atoms with Crippen molar-refractivity contribution >= 4 is 16.8 Å². The van der Waals surface area contributed by atoms with Crippen molar-refractivity contribution in [1.29, 1.82) is 0 Å². The van der Waals surface area contributed by atoms with Crippen molar-refractivity contribution in [2.75, 3.05) is 0 Å². The van der Waals surface area contributed by atoms with Gasteiger partial charge >= 0.3 is 0 Å². The van der Waals surface area contributed by atoms with E-state index in [9.17, 15) is 4.79 Å². The normalized spacial score (nSPS) is 11.0. The van der Waals surface area contributed by atoms with E-state index in [0.717, 1.165) is 23.3 Å². The molecule has 130 valence electrons. The molecule has 0 radical (unpaired) electrons. The van der Waals surface area contributed by atoms with Gasteiger partial charge in [-0.2, -0.15) is 0 Å². The van der Waals surface area contributed by atoms with Crippen LogP contribution in [0.5, 0.6) is 5.75 Å². The minimum atomic E-state index is 0.0649. The number of amides is 1. The molecule has 4 nitrogen and oxygen atoms in total. The average Bonchev–Trinajstić information content (AvgIpc) is 3.08. The molecule has 1 aromatic heterocycles. The molecule has 2 aromatic carbocycles. The van der Waals surface area contributed by atoms with Gasteiger partial charge in [-0.05, 0) is 55.7 Å². The fraction of sp³-hybridized carbons (Fsp3) is 0.286. The second-order valence-corrected chi connectivity index (χ2v) is 6.44. The Bertz CT molecular complexity index is 834. The monoisotopic (exact) mass is 336 g/mol. The second kappa shape index (κ2) is 7.88. The number of ether oxygens (including phenoxy) is 1. The van der Waals surface area contributed by atoms with Gasteiger partial charge in [-0.25, -0.2) is 0 Å². The average molecular weight is 336 g/mol. The maximum absolute atomic E-state index is 12.1. The molecule has 0 aliphatic carbocycles. The van der Waals surface area contributed by atoms with Gasteiger partial charge in [0.25, 0.3) is 0 Å². The molecule has 0 spiro atoms. The summed E-state index contributed by atoms with van der Waals surface area (Å²) < 4.78 is 5.62. The Hall–Kier alpha value is -2.75. The first-order valence-electron chi connectivity index (χ1n) is 8.69. The van der Waals surface area contributed by atoms with Crippen molar-refractivity contribution in [3.8, 4) is 5.75 Å². The first-order valence-corrected chi connectivity index (χ1v) is 8.69. The van der Waals surface area contributed by atoms with Crippen LogP contribution in [0.15, 0.2) is 54.7 Å². The Labute approximate surface area is 148 Å². The molecule has 0 atom stereocenters. The van der Waals surface area contributed by atoms with Gasteiger partial charge in [-0.3, -0.25) is 4.79 Å². The second-order valence-electron chi connectivity index (χ2n) is 6.44. The maximum Gasteiger partial charge on any atom is 0.220 e. The highest BCUT2D eigenvalue weighted by atomic mass is 16.5. The van der Waals surface area contributed by atoms with Crippen LogP contribution in [-0.4, -0.2) is 17.0 Å². The fourth-order valence-corrected chi connectivity index (χ4v) is 2.86. The van der Waals surface area contributed by atoms with Crippen LogP contribution in [0, 0.1) is 0 Å². The third kappa shape index (κ3) is 4.63. The molecule has 2 N–H and O–H groups in total. The molecule has 0 saturated carbocycles. The Morgan fingerprint density at radius 2 is 1.92 bits per heavy atom. The van der Waals surface area contributed by atoms with Crippen LogP contribution in [0.4, 0.5) is 0 Å². The van der Waals surface area contributed by atoms with Gasteiger partial charge in [0.05, 0.1) is 6.10 Å². The highest BCUT2D eigenvalue weighted by Crippen LogP contribution is 2.18. The standard InChI is InChI=1S/C21H24N2O2/c1-15(2)25-18-9-6-16(7-10-18)14-23-21(24)11-8-17-4-3-5-20-19(17)12-13-22-20/h3-7,9-10,12-13,15,22H,8,11,14H2,1-2H3,(H,23,24). The Balaban J connectivity index is 1.49. The van der Waals surface area contributed by atoms with E-state index in [4.69, 9.17) is 4.74 Å². The predicted octanol–water partition coefficient (Wildman–Crippen LogP) is 4.20. The molecule has 0 unspecified atom stereocenters. The van der Waals surface area contributed by atoms with E-state index in [1.54, 1.807) is 0 Å². The molecule has 0 bridgehead atoms. The van der Waals surface area contributed by atoms with E-state index >= 15 is 0 Å². The molecule has 3 rings (SSSR count). The van der Waals surface area contributed by atoms with Gasteiger partial charge in [0.1, 0.15) is 5.75 Å². The summed E-state index contributed by atoms with van der Waals surface area (Å²) in [6, 6.07) is 16.1. The quantitative estimate of drug-likeness (QED) is 0.679. The van der Waals surface area contributed by atoms with Crippen LogP contribution in [0.1, 0.15) is 31.4 Å². The largest absolute Gasteiger partial charge is 0.491 e. The maximum atomic E-state index is 12.1. The van der Waals surface area contributed by atoms with Gasteiger partial charge in [0, 0.05) is 30.1 Å². The molecule has 0 saturated heterocycles. The number of benzene rings is 2. The molecule has 0 aliphatic rings. The molecule has 4 heteroatoms. The minimum Gasteiger partial charge on any atom is -0.491 e. The molecular weight excluding hydrogens is 312 g/mol. The zero-order valence-electron chi connectivity index (χ0n) is 14.7. The van der Waals surface area contributed by atoms with Crippen molar-refractivity contribution in [2.24, 2.45) is 0 Å². The van der Waals surface area contributed by atoms with Gasteiger partial charge < -0.3 is 15.0 Å². The predicted molar refractivity (Wildman–Crippen MR) is 101 cm³/mol. The van der Waals surface area contributed by atoms with Crippen LogP contribution in [0.25, 0.3) is 10.9 Å². The summed E-state index contributed by atoms with van der Waals surface area (Å²) in [6.45, 7) is 4.54. The van der Waals surface area contributed by atoms with Crippen LogP contribution in [0.3, 0.4) is 0 Å². The lowest BCUT2D eigenvalue weighted by Crippen LogP contribution is -2.23. The van der Waals surface area contributed by atoms with Crippen molar-refractivity contribution in [1.82, 2.24) is 10.3 Å². The summed E-state index contributed by atoms with van der Waals surface area (Å²) in [5.74, 6) is 0.916. The van der Waals surface area contributed by atoms with Gasteiger partial charge in [0.2, 0.25) is 5.91 Å². The van der Waals surface area contributed by atoms with Crippen molar-refractivity contribution in [3.05, 3.63) is 65.9 Å². The van der Waals surface area contributed by atoms with Crippen LogP contribution < -0.4 is 10.1 Å². The summed E-state index contributed by atoms with van der Waals surface area (Å²) in [6.07, 6.45) is 3.32. The lowest BCUT2D eigenvalue weighted by molar-refractivity contribution is -0.121. The SMILES string of the molecule is CC(C)Oc1ccc(CNC(=O)CCc2cccc3[nH]ccc23)cc1. The Morgan fingerprint density at radius 3 is 2.68 bits per heavy atom. The number of carbonyl (C=O) groups excluding carboxylic acids is 1. The Morgan fingerprint density at radius 1 is 1.12 bits per heavy atom. The Kier molecular flexibility index (Phi) is 5.39. The topological polar surface area (TPSA) is 54.1 Å². The summed E-state index contributed by atoms with van der Waals surface area (Å²) in [5, 5.41) is 4.17. The first-order chi connectivity index (χ1) is 12.1. The number of aromatic nitrogens is 1. The van der Waals surface area contributed by atoms with Gasteiger partial charge in [-0.1, -0.05) is 24.3 Å². The number of hydrogen-bond acceptors (Lipinski definition) is 2. The lowest BCUT2D eigenvalue weighted by Gasteiger charge is -2.10. The van der Waals surface area contributed by atoms with Crippen LogP contribution in [-0.2, 0) is 17.8 Å². The summed E-state index contributed by atoms with van der Waals surface area (Å²) in [4.78, 5) is 15.3. The van der Waals surface area contributed by atoms with E-state index in [1.165, 1.54) is 10.9 Å². The number of aryl methyl sites for hydroxylation is 1.